The topological polar surface area (TPSA) is 50.9 Å². The number of nitrogens with two attached hydrogens (primary N) is 1. The first-order valence-electron chi connectivity index (χ1n) is 4.59. The summed E-state index contributed by atoms with van der Waals surface area (Å²) in [4.78, 5) is 3.86. The van der Waals surface area contributed by atoms with Crippen molar-refractivity contribution in [1.29, 1.82) is 0 Å². The van der Waals surface area contributed by atoms with E-state index in [0.717, 1.165) is 0 Å². The molecular formula is C11H9ClFN3. The normalized spacial score (nSPS) is 10.1. The number of anilines is 3. The van der Waals surface area contributed by atoms with E-state index < -0.39 is 5.82 Å². The van der Waals surface area contributed by atoms with Gasteiger partial charge in [-0.2, -0.15) is 0 Å². The van der Waals surface area contributed by atoms with Crippen LogP contribution in [0.4, 0.5) is 21.6 Å². The van der Waals surface area contributed by atoms with E-state index in [1.54, 1.807) is 18.2 Å². The molecule has 5 heteroatoms. The van der Waals surface area contributed by atoms with Crippen molar-refractivity contribution in [2.75, 3.05) is 11.1 Å². The van der Waals surface area contributed by atoms with E-state index in [4.69, 9.17) is 17.3 Å². The second-order valence-electron chi connectivity index (χ2n) is 3.20. The molecule has 0 fully saturated rings. The molecule has 0 aliphatic heterocycles. The molecule has 0 radical (unpaired) electrons. The van der Waals surface area contributed by atoms with Crippen molar-refractivity contribution in [3.8, 4) is 0 Å². The first-order chi connectivity index (χ1) is 7.66. The quantitative estimate of drug-likeness (QED) is 0.789. The van der Waals surface area contributed by atoms with Crippen LogP contribution in [0.15, 0.2) is 36.5 Å². The predicted molar refractivity (Wildman–Crippen MR) is 63.3 cm³/mol. The molecular weight excluding hydrogens is 229 g/mol. The average Bonchev–Trinajstić information content (AvgIpc) is 2.27. The van der Waals surface area contributed by atoms with Crippen LogP contribution in [0.2, 0.25) is 5.02 Å². The number of nitrogens with zero attached hydrogens (tertiary/aromatic N) is 1. The van der Waals surface area contributed by atoms with Crippen molar-refractivity contribution >= 4 is 28.8 Å². The molecule has 2 rings (SSSR count). The summed E-state index contributed by atoms with van der Waals surface area (Å²) in [5.41, 5.74) is 6.68. The molecule has 1 aromatic heterocycles. The van der Waals surface area contributed by atoms with Gasteiger partial charge in [0.25, 0.3) is 0 Å². The highest BCUT2D eigenvalue weighted by Gasteiger charge is 2.05. The van der Waals surface area contributed by atoms with E-state index in [1.807, 2.05) is 0 Å². The van der Waals surface area contributed by atoms with Crippen LogP contribution in [0, 0.1) is 5.82 Å². The number of pyridine rings is 1. The highest BCUT2D eigenvalue weighted by molar-refractivity contribution is 6.33. The Bertz CT molecular complexity index is 516. The lowest BCUT2D eigenvalue weighted by Gasteiger charge is -2.08. The zero-order chi connectivity index (χ0) is 11.5. The van der Waals surface area contributed by atoms with E-state index in [-0.39, 0.29) is 5.82 Å². The van der Waals surface area contributed by atoms with Gasteiger partial charge in [-0.05, 0) is 30.3 Å². The third-order valence-electron chi connectivity index (χ3n) is 2.00. The minimum absolute atomic E-state index is 0.120. The van der Waals surface area contributed by atoms with Crippen LogP contribution < -0.4 is 11.1 Å². The number of rotatable bonds is 2. The Morgan fingerprint density at radius 1 is 1.31 bits per heavy atom. The van der Waals surface area contributed by atoms with E-state index in [2.05, 4.69) is 10.3 Å². The van der Waals surface area contributed by atoms with Gasteiger partial charge in [-0.3, -0.25) is 0 Å². The van der Waals surface area contributed by atoms with Gasteiger partial charge in [-0.1, -0.05) is 11.6 Å². The number of hydrogen-bond acceptors (Lipinski definition) is 3. The largest absolute Gasteiger partial charge is 0.399 e. The van der Waals surface area contributed by atoms with Crippen LogP contribution in [0.1, 0.15) is 0 Å². The smallest absolute Gasteiger partial charge is 0.166 e. The van der Waals surface area contributed by atoms with Gasteiger partial charge < -0.3 is 11.1 Å². The fraction of sp³-hybridized carbons (Fsp3) is 0. The highest BCUT2D eigenvalue weighted by atomic mass is 35.5. The molecule has 3 nitrogen and oxygen atoms in total. The van der Waals surface area contributed by atoms with Crippen molar-refractivity contribution < 1.29 is 4.39 Å². The van der Waals surface area contributed by atoms with Crippen LogP contribution >= 0.6 is 11.6 Å². The van der Waals surface area contributed by atoms with Crippen LogP contribution in [-0.2, 0) is 0 Å². The van der Waals surface area contributed by atoms with Gasteiger partial charge in [0.05, 0.1) is 10.7 Å². The molecule has 0 spiro atoms. The Labute approximate surface area is 97.1 Å². The van der Waals surface area contributed by atoms with Gasteiger partial charge >= 0.3 is 0 Å². The monoisotopic (exact) mass is 237 g/mol. The van der Waals surface area contributed by atoms with Crippen LogP contribution in [0.3, 0.4) is 0 Å². The molecule has 0 unspecified atom stereocenters. The van der Waals surface area contributed by atoms with E-state index in [0.29, 0.717) is 16.4 Å². The maximum absolute atomic E-state index is 13.3. The number of hydrogen-bond donors (Lipinski definition) is 2. The number of nitrogen functional groups attached to an aromatic ring is 1. The van der Waals surface area contributed by atoms with Crippen molar-refractivity contribution in [3.63, 3.8) is 0 Å². The fourth-order valence-corrected chi connectivity index (χ4v) is 1.41. The first-order valence-corrected chi connectivity index (χ1v) is 4.97. The fourth-order valence-electron chi connectivity index (χ4n) is 1.24. The summed E-state index contributed by atoms with van der Waals surface area (Å²) in [6, 6.07) is 7.76. The lowest BCUT2D eigenvalue weighted by atomic mass is 10.3. The first kappa shape index (κ1) is 10.7. The van der Waals surface area contributed by atoms with Gasteiger partial charge in [-0.25, -0.2) is 9.37 Å². The maximum Gasteiger partial charge on any atom is 0.166 e. The van der Waals surface area contributed by atoms with Crippen molar-refractivity contribution in [1.82, 2.24) is 4.98 Å². The Balaban J connectivity index is 2.34. The van der Waals surface area contributed by atoms with Gasteiger partial charge in [0.15, 0.2) is 11.6 Å². The Hall–Kier alpha value is -1.81. The summed E-state index contributed by atoms with van der Waals surface area (Å²) in [5, 5.41) is 3.24. The molecule has 0 aliphatic carbocycles. The third-order valence-corrected chi connectivity index (χ3v) is 2.33. The lowest BCUT2D eigenvalue weighted by molar-refractivity contribution is 0.626. The van der Waals surface area contributed by atoms with Gasteiger partial charge in [0.2, 0.25) is 0 Å². The molecule has 82 valence electrons. The van der Waals surface area contributed by atoms with Crippen LogP contribution in [0.5, 0.6) is 0 Å². The van der Waals surface area contributed by atoms with Crippen LogP contribution in [0.25, 0.3) is 0 Å². The van der Waals surface area contributed by atoms with Crippen LogP contribution in [-0.4, -0.2) is 4.98 Å². The summed E-state index contributed by atoms with van der Waals surface area (Å²) >= 11 is 5.93. The van der Waals surface area contributed by atoms with Gasteiger partial charge in [0, 0.05) is 11.9 Å². The van der Waals surface area contributed by atoms with E-state index in [9.17, 15) is 4.39 Å². The summed E-state index contributed by atoms with van der Waals surface area (Å²) < 4.78 is 13.3. The second-order valence-corrected chi connectivity index (χ2v) is 3.61. The number of benzene rings is 1. The zero-order valence-corrected chi connectivity index (χ0v) is 9.00. The average molecular weight is 238 g/mol. The van der Waals surface area contributed by atoms with Gasteiger partial charge in [-0.15, -0.1) is 0 Å². The Kier molecular flexibility index (Phi) is 2.92. The molecule has 2 aromatic rings. The highest BCUT2D eigenvalue weighted by Crippen LogP contribution is 2.27. The van der Waals surface area contributed by atoms with Crippen molar-refractivity contribution in [2.24, 2.45) is 0 Å². The number of aromatic nitrogens is 1. The predicted octanol–water partition coefficient (Wildman–Crippen LogP) is 3.20. The van der Waals surface area contributed by atoms with E-state index >= 15 is 0 Å². The minimum Gasteiger partial charge on any atom is -0.399 e. The lowest BCUT2D eigenvalue weighted by Crippen LogP contribution is -1.98. The second kappa shape index (κ2) is 4.37. The molecule has 0 amide bonds. The molecule has 0 bridgehead atoms. The van der Waals surface area contributed by atoms with Crippen molar-refractivity contribution in [2.45, 2.75) is 0 Å². The summed E-state index contributed by atoms with van der Waals surface area (Å²) in [6.45, 7) is 0. The summed E-state index contributed by atoms with van der Waals surface area (Å²) in [7, 11) is 0. The molecule has 1 aromatic carbocycles. The molecule has 16 heavy (non-hydrogen) atoms. The third kappa shape index (κ3) is 2.23. The SMILES string of the molecule is Nc1ccc(Cl)c(Nc2ncccc2F)c1. The minimum atomic E-state index is -0.444. The number of halogens is 2. The Morgan fingerprint density at radius 2 is 2.12 bits per heavy atom. The number of nitrogens with one attached hydrogen (secondary N) is 1. The molecule has 3 N–H and O–H groups in total. The molecule has 1 heterocycles. The molecule has 0 saturated carbocycles. The summed E-state index contributed by atoms with van der Waals surface area (Å²) in [6.07, 6.45) is 1.49. The summed E-state index contributed by atoms with van der Waals surface area (Å²) in [5.74, 6) is -0.323. The van der Waals surface area contributed by atoms with E-state index in [1.165, 1.54) is 18.3 Å². The standard InChI is InChI=1S/C11H9ClFN3/c12-8-4-3-7(14)6-10(8)16-11-9(13)2-1-5-15-11/h1-6H,14H2,(H,15,16). The van der Waals surface area contributed by atoms with Crippen molar-refractivity contribution in [3.05, 3.63) is 47.4 Å². The molecule has 0 saturated heterocycles. The van der Waals surface area contributed by atoms with Gasteiger partial charge in [0.1, 0.15) is 0 Å². The Morgan fingerprint density at radius 3 is 2.88 bits per heavy atom. The zero-order valence-electron chi connectivity index (χ0n) is 8.24. The maximum atomic E-state index is 13.3. The molecule has 0 atom stereocenters. The molecule has 0 aliphatic rings.